The van der Waals surface area contributed by atoms with Crippen molar-refractivity contribution in [3.05, 3.63) is 29.8 Å². The second-order valence-corrected chi connectivity index (χ2v) is 4.48. The van der Waals surface area contributed by atoms with E-state index < -0.39 is 0 Å². The lowest BCUT2D eigenvalue weighted by Crippen LogP contribution is -2.19. The van der Waals surface area contributed by atoms with Crippen LogP contribution in [0.1, 0.15) is 12.0 Å². The van der Waals surface area contributed by atoms with E-state index in [9.17, 15) is 4.79 Å². The Labute approximate surface area is 121 Å². The molecule has 108 valence electrons. The van der Waals surface area contributed by atoms with Gasteiger partial charge in [-0.25, -0.2) is 4.79 Å². The van der Waals surface area contributed by atoms with Crippen LogP contribution in [0.4, 0.5) is 0 Å². The molecule has 5 heteroatoms. The molecule has 0 radical (unpaired) electrons. The molecule has 0 fully saturated rings. The second-order valence-electron chi connectivity index (χ2n) is 4.48. The van der Waals surface area contributed by atoms with Crippen LogP contribution in [0.5, 0.6) is 5.75 Å². The average Bonchev–Trinajstić information content (AvgIpc) is 2.32. The Morgan fingerprint density at radius 1 is 1.32 bits per heavy atom. The lowest BCUT2D eigenvalue weighted by molar-refractivity contribution is -0.146. The zero-order chi connectivity index (χ0) is 13.4. The SMILES string of the molecule is Cc1cccc(OCC(=O)OCCCN(C)C)c1.Cl. The van der Waals surface area contributed by atoms with Gasteiger partial charge in [0.1, 0.15) is 5.75 Å². The van der Waals surface area contributed by atoms with Crippen molar-refractivity contribution in [1.29, 1.82) is 0 Å². The summed E-state index contributed by atoms with van der Waals surface area (Å²) in [5.74, 6) is 0.371. The van der Waals surface area contributed by atoms with Crippen molar-refractivity contribution < 1.29 is 14.3 Å². The molecule has 0 unspecified atom stereocenters. The molecule has 0 aromatic heterocycles. The molecule has 0 aliphatic carbocycles. The van der Waals surface area contributed by atoms with Crippen LogP contribution in [0.3, 0.4) is 0 Å². The highest BCUT2D eigenvalue weighted by Gasteiger charge is 2.04. The molecule has 19 heavy (non-hydrogen) atoms. The smallest absolute Gasteiger partial charge is 0.344 e. The molecule has 0 bridgehead atoms. The van der Waals surface area contributed by atoms with Crippen LogP contribution in [-0.2, 0) is 9.53 Å². The summed E-state index contributed by atoms with van der Waals surface area (Å²) in [6, 6.07) is 7.59. The predicted octanol–water partition coefficient (Wildman–Crippen LogP) is 2.29. The molecule has 0 aliphatic heterocycles. The number of rotatable bonds is 7. The van der Waals surface area contributed by atoms with Crippen LogP contribution in [0.15, 0.2) is 24.3 Å². The minimum Gasteiger partial charge on any atom is -0.482 e. The van der Waals surface area contributed by atoms with Crippen LogP contribution in [-0.4, -0.2) is 44.7 Å². The molecule has 0 aliphatic rings. The maximum atomic E-state index is 11.4. The van der Waals surface area contributed by atoms with Gasteiger partial charge in [0.05, 0.1) is 6.61 Å². The van der Waals surface area contributed by atoms with E-state index in [-0.39, 0.29) is 25.0 Å². The molecule has 1 aromatic carbocycles. The van der Waals surface area contributed by atoms with Crippen molar-refractivity contribution in [2.75, 3.05) is 33.9 Å². The fourth-order valence-electron chi connectivity index (χ4n) is 1.46. The number of ether oxygens (including phenoxy) is 2. The molecule has 4 nitrogen and oxygen atoms in total. The van der Waals surface area contributed by atoms with Gasteiger partial charge in [0.2, 0.25) is 0 Å². The quantitative estimate of drug-likeness (QED) is 0.570. The van der Waals surface area contributed by atoms with Crippen molar-refractivity contribution in [3.8, 4) is 5.75 Å². The van der Waals surface area contributed by atoms with E-state index in [2.05, 4.69) is 4.90 Å². The van der Waals surface area contributed by atoms with Crippen molar-refractivity contribution in [2.24, 2.45) is 0 Å². The largest absolute Gasteiger partial charge is 0.482 e. The van der Waals surface area contributed by atoms with Crippen molar-refractivity contribution in [3.63, 3.8) is 0 Å². The highest BCUT2D eigenvalue weighted by atomic mass is 35.5. The Bertz CT molecular complexity index is 383. The molecular formula is C14H22ClNO3. The highest BCUT2D eigenvalue weighted by Crippen LogP contribution is 2.12. The van der Waals surface area contributed by atoms with Crippen LogP contribution in [0.2, 0.25) is 0 Å². The van der Waals surface area contributed by atoms with Gasteiger partial charge in [-0.1, -0.05) is 12.1 Å². The summed E-state index contributed by atoms with van der Waals surface area (Å²) in [5.41, 5.74) is 1.10. The van der Waals surface area contributed by atoms with Crippen LogP contribution < -0.4 is 4.74 Å². The van der Waals surface area contributed by atoms with Crippen LogP contribution in [0, 0.1) is 6.92 Å². The Morgan fingerprint density at radius 3 is 2.68 bits per heavy atom. The van der Waals surface area contributed by atoms with Gasteiger partial charge in [0.15, 0.2) is 6.61 Å². The van der Waals surface area contributed by atoms with Gasteiger partial charge < -0.3 is 14.4 Å². The number of benzene rings is 1. The zero-order valence-electron chi connectivity index (χ0n) is 11.7. The summed E-state index contributed by atoms with van der Waals surface area (Å²) in [7, 11) is 3.98. The monoisotopic (exact) mass is 287 g/mol. The topological polar surface area (TPSA) is 38.8 Å². The molecule has 0 saturated heterocycles. The Balaban J connectivity index is 0.00000324. The summed E-state index contributed by atoms with van der Waals surface area (Å²) >= 11 is 0. The van der Waals surface area contributed by atoms with E-state index in [1.165, 1.54) is 0 Å². The number of hydrogen-bond donors (Lipinski definition) is 0. The lowest BCUT2D eigenvalue weighted by Gasteiger charge is -2.10. The molecule has 1 rings (SSSR count). The number of carbonyl (C=O) groups is 1. The van der Waals surface area contributed by atoms with E-state index >= 15 is 0 Å². The van der Waals surface area contributed by atoms with E-state index in [1.54, 1.807) is 0 Å². The third kappa shape index (κ3) is 8.46. The average molecular weight is 288 g/mol. The molecule has 0 N–H and O–H groups in total. The number of halogens is 1. The third-order valence-corrected chi connectivity index (χ3v) is 2.36. The van der Waals surface area contributed by atoms with E-state index in [1.807, 2.05) is 45.3 Å². The maximum absolute atomic E-state index is 11.4. The van der Waals surface area contributed by atoms with Gasteiger partial charge in [0.25, 0.3) is 0 Å². The molecule has 0 spiro atoms. The summed E-state index contributed by atoms with van der Waals surface area (Å²) < 4.78 is 10.4. The lowest BCUT2D eigenvalue weighted by atomic mass is 10.2. The number of hydrogen-bond acceptors (Lipinski definition) is 4. The van der Waals surface area contributed by atoms with Gasteiger partial charge in [-0.2, -0.15) is 0 Å². The normalized spacial score (nSPS) is 9.89. The standard InChI is InChI=1S/C14H21NO3.ClH/c1-12-6-4-7-13(10-12)18-11-14(16)17-9-5-8-15(2)3;/h4,6-7,10H,5,8-9,11H2,1-3H3;1H. The molecule has 0 saturated carbocycles. The first-order valence-corrected chi connectivity index (χ1v) is 6.08. The second kappa shape index (κ2) is 9.64. The van der Waals surface area contributed by atoms with E-state index in [0.29, 0.717) is 12.4 Å². The number of aryl methyl sites for hydroxylation is 1. The third-order valence-electron chi connectivity index (χ3n) is 2.36. The van der Waals surface area contributed by atoms with Crippen molar-refractivity contribution >= 4 is 18.4 Å². The Morgan fingerprint density at radius 2 is 2.05 bits per heavy atom. The van der Waals surface area contributed by atoms with Gasteiger partial charge >= 0.3 is 5.97 Å². The van der Waals surface area contributed by atoms with Crippen molar-refractivity contribution in [2.45, 2.75) is 13.3 Å². The molecule has 1 aromatic rings. The summed E-state index contributed by atoms with van der Waals surface area (Å²) in [5, 5.41) is 0. The molecule has 0 atom stereocenters. The summed E-state index contributed by atoms with van der Waals surface area (Å²) in [4.78, 5) is 13.4. The van der Waals surface area contributed by atoms with E-state index in [0.717, 1.165) is 18.5 Å². The number of esters is 1. The van der Waals surface area contributed by atoms with Gasteiger partial charge in [-0.3, -0.25) is 0 Å². The van der Waals surface area contributed by atoms with Gasteiger partial charge in [0, 0.05) is 6.54 Å². The predicted molar refractivity (Wildman–Crippen MR) is 78.1 cm³/mol. The van der Waals surface area contributed by atoms with Crippen LogP contribution in [0.25, 0.3) is 0 Å². The minimum atomic E-state index is -0.324. The summed E-state index contributed by atoms with van der Waals surface area (Å²) in [6.07, 6.45) is 0.836. The first kappa shape index (κ1) is 17.7. The van der Waals surface area contributed by atoms with Crippen molar-refractivity contribution in [1.82, 2.24) is 4.90 Å². The summed E-state index contributed by atoms with van der Waals surface area (Å²) in [6.45, 7) is 3.29. The zero-order valence-corrected chi connectivity index (χ0v) is 12.5. The number of carbonyl (C=O) groups excluding carboxylic acids is 1. The first-order chi connectivity index (χ1) is 8.58. The maximum Gasteiger partial charge on any atom is 0.344 e. The Hall–Kier alpha value is -1.26. The fourth-order valence-corrected chi connectivity index (χ4v) is 1.46. The van der Waals surface area contributed by atoms with E-state index in [4.69, 9.17) is 9.47 Å². The first-order valence-electron chi connectivity index (χ1n) is 6.08. The Kier molecular flexibility index (Phi) is 9.00. The minimum absolute atomic E-state index is 0. The van der Waals surface area contributed by atoms with Gasteiger partial charge in [-0.15, -0.1) is 12.4 Å². The highest BCUT2D eigenvalue weighted by molar-refractivity contribution is 5.85. The van der Waals surface area contributed by atoms with Crippen LogP contribution >= 0.6 is 12.4 Å². The number of nitrogens with zero attached hydrogens (tertiary/aromatic N) is 1. The van der Waals surface area contributed by atoms with Gasteiger partial charge in [-0.05, 0) is 45.1 Å². The molecule has 0 heterocycles. The fraction of sp³-hybridized carbons (Fsp3) is 0.500. The molecule has 0 amide bonds. The molecular weight excluding hydrogens is 266 g/mol.